The van der Waals surface area contributed by atoms with Gasteiger partial charge in [-0.3, -0.25) is 0 Å². The van der Waals surface area contributed by atoms with Crippen LogP contribution in [0.5, 0.6) is 0 Å². The summed E-state index contributed by atoms with van der Waals surface area (Å²) in [4.78, 5) is 15.7. The maximum atomic E-state index is 11.9. The average molecular weight is 1020 g/mol. The Morgan fingerprint density at radius 1 is 0.316 bits per heavy atom. The summed E-state index contributed by atoms with van der Waals surface area (Å²) in [6.45, 7) is 13.7. The van der Waals surface area contributed by atoms with Gasteiger partial charge in [-0.15, -0.1) is 0 Å². The molecule has 0 aliphatic rings. The zero-order valence-corrected chi connectivity index (χ0v) is 45.0. The van der Waals surface area contributed by atoms with Crippen molar-refractivity contribution in [1.82, 2.24) is 28.7 Å². The molecule has 0 bridgehead atoms. The highest BCUT2D eigenvalue weighted by Gasteiger charge is 2.27. The highest BCUT2D eigenvalue weighted by Crippen LogP contribution is 2.45. The van der Waals surface area contributed by atoms with Crippen molar-refractivity contribution in [3.8, 4) is 68.4 Å². The molecule has 0 aliphatic carbocycles. The number of hydrogen-bond donors (Lipinski definition) is 0. The Hall–Kier alpha value is -9.90. The maximum Gasteiger partial charge on any atom is 0.164 e. The Balaban J connectivity index is 1.14. The van der Waals surface area contributed by atoms with Crippen LogP contribution in [0, 0.1) is 11.3 Å². The van der Waals surface area contributed by atoms with Gasteiger partial charge in [0.2, 0.25) is 0 Å². The normalized spacial score (nSPS) is 12.2. The minimum atomic E-state index is -0.0757. The molecule has 0 unspecified atom stereocenters. The first kappa shape index (κ1) is 47.5. The van der Waals surface area contributed by atoms with Gasteiger partial charge in [-0.1, -0.05) is 187 Å². The topological polar surface area (TPSA) is 77.2 Å². The molecule has 14 rings (SSSR count). The Bertz CT molecular complexity index is 4430. The highest BCUT2D eigenvalue weighted by molar-refractivity contribution is 6.13. The Morgan fingerprint density at radius 3 is 1.06 bits per heavy atom. The van der Waals surface area contributed by atoms with E-state index in [1.807, 2.05) is 60.7 Å². The lowest BCUT2D eigenvalue weighted by Gasteiger charge is -2.21. The molecule has 79 heavy (non-hydrogen) atoms. The Morgan fingerprint density at radius 2 is 0.671 bits per heavy atom. The molecule has 0 N–H and O–H groups in total. The van der Waals surface area contributed by atoms with Crippen molar-refractivity contribution in [2.24, 2.45) is 0 Å². The predicted octanol–water partition coefficient (Wildman–Crippen LogP) is 18.3. The minimum absolute atomic E-state index is 0.0757. The predicted molar refractivity (Wildman–Crippen MR) is 327 cm³/mol. The Labute approximate surface area is 459 Å². The number of nitrogens with zero attached hydrogens (tertiary/aromatic N) is 7. The van der Waals surface area contributed by atoms with Gasteiger partial charge in [0.15, 0.2) is 17.5 Å². The zero-order chi connectivity index (χ0) is 53.7. The van der Waals surface area contributed by atoms with E-state index in [1.54, 1.807) is 0 Å². The quantitative estimate of drug-likeness (QED) is 0.159. The van der Waals surface area contributed by atoms with Crippen LogP contribution in [0.2, 0.25) is 0 Å². The Kier molecular flexibility index (Phi) is 10.9. The molecule has 4 heterocycles. The number of fused-ring (bicyclic) bond motifs is 9. The molecule has 0 saturated carbocycles. The zero-order valence-electron chi connectivity index (χ0n) is 45.0. The van der Waals surface area contributed by atoms with Gasteiger partial charge in [0, 0.05) is 54.6 Å². The first-order valence-electron chi connectivity index (χ1n) is 27.1. The first-order chi connectivity index (χ1) is 38.4. The second-order valence-corrected chi connectivity index (χ2v) is 22.8. The fourth-order valence-corrected chi connectivity index (χ4v) is 11.9. The molecular weight excluding hydrogens is 963 g/mol. The maximum absolute atomic E-state index is 11.9. The number of para-hydroxylation sites is 4. The van der Waals surface area contributed by atoms with E-state index in [0.29, 0.717) is 23.0 Å². The van der Waals surface area contributed by atoms with Gasteiger partial charge in [-0.05, 0) is 106 Å². The van der Waals surface area contributed by atoms with Crippen LogP contribution in [-0.4, -0.2) is 28.7 Å². The molecule has 14 aromatic rings. The van der Waals surface area contributed by atoms with Crippen LogP contribution in [0.15, 0.2) is 224 Å². The summed E-state index contributed by atoms with van der Waals surface area (Å²) in [6.07, 6.45) is 0. The second-order valence-electron chi connectivity index (χ2n) is 22.8. The van der Waals surface area contributed by atoms with Crippen molar-refractivity contribution in [2.45, 2.75) is 52.4 Å². The van der Waals surface area contributed by atoms with E-state index in [2.05, 4.69) is 225 Å². The van der Waals surface area contributed by atoms with Crippen LogP contribution in [0.4, 0.5) is 0 Å². The monoisotopic (exact) mass is 1020 g/mol. The van der Waals surface area contributed by atoms with Gasteiger partial charge in [-0.2, -0.15) is 5.26 Å². The lowest BCUT2D eigenvalue weighted by Crippen LogP contribution is -2.10. The highest BCUT2D eigenvalue weighted by atomic mass is 15.0. The molecule has 7 nitrogen and oxygen atoms in total. The molecule has 0 radical (unpaired) electrons. The summed E-state index contributed by atoms with van der Waals surface area (Å²) in [6, 6.07) is 82.3. The summed E-state index contributed by atoms with van der Waals surface area (Å²) in [5.74, 6) is 1.72. The van der Waals surface area contributed by atoms with E-state index in [-0.39, 0.29) is 10.8 Å². The first-order valence-corrected chi connectivity index (χ1v) is 27.1. The van der Waals surface area contributed by atoms with Crippen molar-refractivity contribution < 1.29 is 0 Å². The van der Waals surface area contributed by atoms with Gasteiger partial charge < -0.3 is 13.7 Å². The SMILES string of the molecule is CC(C)(C)c1ccc2c(c1)c1cc(C(C)(C)C)ccc1n2-c1ccc(-c2nc(-c3ccccc3)nc(-c3ccccc3)n2)cc1-c1cc(-n2c3ccccc3c3ccccc32)c(C#N)c(-n2c3ccccc3c3ccccc32)c1. The molecule has 7 heteroatoms. The van der Waals surface area contributed by atoms with Gasteiger partial charge in [0.05, 0.1) is 50.2 Å². The van der Waals surface area contributed by atoms with Crippen molar-refractivity contribution in [2.75, 3.05) is 0 Å². The van der Waals surface area contributed by atoms with E-state index < -0.39 is 0 Å². The van der Waals surface area contributed by atoms with Crippen LogP contribution in [0.25, 0.3) is 128 Å². The summed E-state index contributed by atoms with van der Waals surface area (Å²) in [7, 11) is 0. The van der Waals surface area contributed by atoms with Crippen LogP contribution < -0.4 is 0 Å². The molecule has 0 fully saturated rings. The molecule has 0 amide bonds. The minimum Gasteiger partial charge on any atom is -0.309 e. The van der Waals surface area contributed by atoms with E-state index >= 15 is 0 Å². The number of benzene rings is 10. The fourth-order valence-electron chi connectivity index (χ4n) is 11.9. The standard InChI is InChI=1S/C72H55N7/c1-71(2,3)49-34-37-64-56(42-49)57-43-50(72(4,5)6)35-38-65(57)77(64)63-36-33-47(70-75-68(45-21-9-7-10-22-45)74-69(76-70)46-23-11-8-12-24-46)39-55(63)48-40-66(78-59-29-17-13-25-51(59)52-26-14-18-30-60(52)78)58(44-73)67(41-48)79-61-31-19-15-27-53(61)54-28-16-20-32-62(54)79/h7-43H,1-6H3. The number of nitriles is 1. The number of hydrogen-bond acceptors (Lipinski definition) is 4. The molecular formula is C72H55N7. The van der Waals surface area contributed by atoms with Gasteiger partial charge in [-0.25, -0.2) is 15.0 Å². The van der Waals surface area contributed by atoms with Crippen LogP contribution >= 0.6 is 0 Å². The number of rotatable bonds is 7. The van der Waals surface area contributed by atoms with Crippen LogP contribution in [0.3, 0.4) is 0 Å². The van der Waals surface area contributed by atoms with E-state index in [4.69, 9.17) is 15.0 Å². The van der Waals surface area contributed by atoms with Crippen molar-refractivity contribution in [3.63, 3.8) is 0 Å². The van der Waals surface area contributed by atoms with E-state index in [0.717, 1.165) is 99.5 Å². The van der Waals surface area contributed by atoms with Gasteiger partial charge >= 0.3 is 0 Å². The van der Waals surface area contributed by atoms with Crippen molar-refractivity contribution >= 4 is 65.4 Å². The summed E-state index contributed by atoms with van der Waals surface area (Å²) >= 11 is 0. The lowest BCUT2D eigenvalue weighted by molar-refractivity contribution is 0.590. The smallest absolute Gasteiger partial charge is 0.164 e. The molecule has 0 saturated heterocycles. The van der Waals surface area contributed by atoms with Crippen molar-refractivity contribution in [1.29, 1.82) is 5.26 Å². The third-order valence-corrected chi connectivity index (χ3v) is 15.9. The summed E-state index contributed by atoms with van der Waals surface area (Å²) in [5.41, 5.74) is 16.2. The number of aromatic nitrogens is 6. The second kappa shape index (κ2) is 18.1. The molecule has 0 atom stereocenters. The van der Waals surface area contributed by atoms with Gasteiger partial charge in [0.25, 0.3) is 0 Å². The lowest BCUT2D eigenvalue weighted by atomic mass is 9.85. The van der Waals surface area contributed by atoms with Crippen LogP contribution in [0.1, 0.15) is 58.2 Å². The molecule has 0 spiro atoms. The molecule has 10 aromatic carbocycles. The van der Waals surface area contributed by atoms with Crippen molar-refractivity contribution in [3.05, 3.63) is 241 Å². The fraction of sp³-hybridized carbons (Fsp3) is 0.111. The third kappa shape index (κ3) is 7.82. The van der Waals surface area contributed by atoms with Gasteiger partial charge in [0.1, 0.15) is 11.6 Å². The van der Waals surface area contributed by atoms with E-state index in [1.165, 1.54) is 21.9 Å². The van der Waals surface area contributed by atoms with Crippen LogP contribution in [-0.2, 0) is 10.8 Å². The summed E-state index contributed by atoms with van der Waals surface area (Å²) in [5, 5.41) is 18.7. The largest absolute Gasteiger partial charge is 0.309 e. The average Bonchev–Trinajstić information content (AvgIpc) is 4.35. The van der Waals surface area contributed by atoms with E-state index in [9.17, 15) is 5.26 Å². The molecule has 378 valence electrons. The molecule has 4 aromatic heterocycles. The third-order valence-electron chi connectivity index (χ3n) is 15.9. The summed E-state index contributed by atoms with van der Waals surface area (Å²) < 4.78 is 7.03. The molecule has 0 aliphatic heterocycles.